The van der Waals surface area contributed by atoms with Gasteiger partial charge in [0.05, 0.1) is 0 Å². The summed E-state index contributed by atoms with van der Waals surface area (Å²) in [5.41, 5.74) is 3.44. The van der Waals surface area contributed by atoms with Gasteiger partial charge >= 0.3 is 0 Å². The maximum Gasteiger partial charge on any atom is 0.0319 e. The molecular formula is C17H24IrNO2-. The second kappa shape index (κ2) is 11.6. The zero-order chi connectivity index (χ0) is 15.6. The van der Waals surface area contributed by atoms with Crippen molar-refractivity contribution in [1.82, 2.24) is 4.98 Å². The van der Waals surface area contributed by atoms with Gasteiger partial charge in [0.1, 0.15) is 0 Å². The van der Waals surface area contributed by atoms with E-state index in [9.17, 15) is 0 Å². The molecule has 1 aromatic carbocycles. The summed E-state index contributed by atoms with van der Waals surface area (Å²) in [6, 6.07) is 15.3. The van der Waals surface area contributed by atoms with Crippen molar-refractivity contribution in [3.8, 4) is 11.3 Å². The summed E-state index contributed by atoms with van der Waals surface area (Å²) in [6.07, 6.45) is 1.95. The molecule has 0 aliphatic carbocycles. The molecule has 119 valence electrons. The van der Waals surface area contributed by atoms with Crippen molar-refractivity contribution < 1.29 is 30.3 Å². The van der Waals surface area contributed by atoms with Gasteiger partial charge in [0.2, 0.25) is 0 Å². The number of aliphatic hydroxyl groups excluding tert-OH is 2. The minimum atomic E-state index is 0. The molecule has 0 atom stereocenters. The third kappa shape index (κ3) is 7.49. The number of pyridine rings is 1. The molecule has 2 rings (SSSR count). The molecule has 0 bridgehead atoms. The first kappa shape index (κ1) is 22.2. The van der Waals surface area contributed by atoms with Crippen molar-refractivity contribution >= 4 is 0 Å². The van der Waals surface area contributed by atoms with Gasteiger partial charge in [-0.2, -0.15) is 0 Å². The number of nitrogens with zero attached hydrogens (tertiary/aromatic N) is 1. The maximum atomic E-state index is 7.00. The Morgan fingerprint density at radius 1 is 0.952 bits per heavy atom. The topological polar surface area (TPSA) is 53.4 Å². The standard InChI is InChI=1S/C15H16N.2CH4O.Ir/c1-15(2,3)13-9-10-14(16-11-13)12-7-5-4-6-8-12;2*1-2;/h4-7,9-11H,1-3H3;2*2H,1H3;/q-1;;;. The summed E-state index contributed by atoms with van der Waals surface area (Å²) in [5.74, 6) is 0. The molecule has 2 aromatic rings. The van der Waals surface area contributed by atoms with E-state index in [2.05, 4.69) is 44.0 Å². The molecule has 3 nitrogen and oxygen atoms in total. The second-order valence-electron chi connectivity index (χ2n) is 4.96. The monoisotopic (exact) mass is 467 g/mol. The van der Waals surface area contributed by atoms with E-state index in [0.717, 1.165) is 25.5 Å². The molecule has 0 saturated heterocycles. The van der Waals surface area contributed by atoms with Crippen molar-refractivity contribution in [3.05, 3.63) is 54.2 Å². The van der Waals surface area contributed by atoms with Crippen LogP contribution in [0.15, 0.2) is 42.6 Å². The largest absolute Gasteiger partial charge is 0.400 e. The molecule has 0 saturated carbocycles. The van der Waals surface area contributed by atoms with Crippen molar-refractivity contribution in [2.24, 2.45) is 0 Å². The van der Waals surface area contributed by atoms with Gasteiger partial charge in [-0.25, -0.2) is 0 Å². The molecule has 0 fully saturated rings. The van der Waals surface area contributed by atoms with Gasteiger partial charge in [0.25, 0.3) is 0 Å². The van der Waals surface area contributed by atoms with E-state index < -0.39 is 0 Å². The Morgan fingerprint density at radius 2 is 1.57 bits per heavy atom. The number of hydrogen-bond donors (Lipinski definition) is 2. The average molecular weight is 467 g/mol. The summed E-state index contributed by atoms with van der Waals surface area (Å²) in [4.78, 5) is 4.48. The molecular weight excluding hydrogens is 442 g/mol. The van der Waals surface area contributed by atoms with Gasteiger partial charge in [-0.1, -0.05) is 32.9 Å². The van der Waals surface area contributed by atoms with Crippen LogP contribution >= 0.6 is 0 Å². The molecule has 21 heavy (non-hydrogen) atoms. The van der Waals surface area contributed by atoms with Crippen LogP contribution in [0.2, 0.25) is 0 Å². The quantitative estimate of drug-likeness (QED) is 0.636. The zero-order valence-corrected chi connectivity index (χ0v) is 15.6. The van der Waals surface area contributed by atoms with Crippen LogP contribution in [0.4, 0.5) is 0 Å². The number of rotatable bonds is 1. The Hall–Kier alpha value is -1.06. The number of benzene rings is 1. The zero-order valence-electron chi connectivity index (χ0n) is 13.2. The second-order valence-corrected chi connectivity index (χ2v) is 4.96. The Labute approximate surface area is 141 Å². The van der Waals surface area contributed by atoms with Crippen LogP contribution in [0.1, 0.15) is 26.3 Å². The summed E-state index contributed by atoms with van der Waals surface area (Å²) in [6.45, 7) is 6.58. The van der Waals surface area contributed by atoms with Crippen LogP contribution in [-0.2, 0) is 25.5 Å². The first-order chi connectivity index (χ1) is 9.57. The van der Waals surface area contributed by atoms with Crippen molar-refractivity contribution in [3.63, 3.8) is 0 Å². The number of aliphatic hydroxyl groups is 2. The summed E-state index contributed by atoms with van der Waals surface area (Å²) in [5, 5.41) is 14.0. The average Bonchev–Trinajstić information content (AvgIpc) is 2.51. The smallest absolute Gasteiger partial charge is 0.0319 e. The van der Waals surface area contributed by atoms with Crippen LogP contribution in [0.5, 0.6) is 0 Å². The third-order valence-corrected chi connectivity index (χ3v) is 2.61. The van der Waals surface area contributed by atoms with E-state index in [4.69, 9.17) is 10.2 Å². The van der Waals surface area contributed by atoms with Crippen LogP contribution < -0.4 is 0 Å². The first-order valence-corrected chi connectivity index (χ1v) is 6.40. The normalized spacial score (nSPS) is 9.29. The van der Waals surface area contributed by atoms with E-state index >= 15 is 0 Å². The Morgan fingerprint density at radius 3 is 1.95 bits per heavy atom. The molecule has 0 aliphatic heterocycles. The van der Waals surface area contributed by atoms with Crippen LogP contribution in [0.25, 0.3) is 11.3 Å². The molecule has 0 unspecified atom stereocenters. The van der Waals surface area contributed by atoms with Gasteiger partial charge in [-0.05, 0) is 16.7 Å². The molecule has 1 aromatic heterocycles. The third-order valence-electron chi connectivity index (χ3n) is 2.61. The molecule has 0 spiro atoms. The summed E-state index contributed by atoms with van der Waals surface area (Å²) >= 11 is 0. The van der Waals surface area contributed by atoms with E-state index in [1.807, 2.05) is 30.5 Å². The van der Waals surface area contributed by atoms with Crippen LogP contribution in [-0.4, -0.2) is 29.4 Å². The van der Waals surface area contributed by atoms with Crippen LogP contribution in [0.3, 0.4) is 0 Å². The number of hydrogen-bond acceptors (Lipinski definition) is 3. The molecule has 4 heteroatoms. The SMILES string of the molecule is CC(C)(C)c1ccc(-c2[c-]cccc2)nc1.CO.CO.[Ir]. The Kier molecular flexibility index (Phi) is 12.3. The van der Waals surface area contributed by atoms with Crippen molar-refractivity contribution in [2.75, 3.05) is 14.2 Å². The van der Waals surface area contributed by atoms with Crippen molar-refractivity contribution in [1.29, 1.82) is 0 Å². The Balaban J connectivity index is 0. The minimum Gasteiger partial charge on any atom is -0.400 e. The predicted octanol–water partition coefficient (Wildman–Crippen LogP) is 3.06. The van der Waals surface area contributed by atoms with Gasteiger partial charge < -0.3 is 15.2 Å². The van der Waals surface area contributed by atoms with Crippen LogP contribution in [0, 0.1) is 6.07 Å². The number of aromatic nitrogens is 1. The van der Waals surface area contributed by atoms with Gasteiger partial charge in [-0.15, -0.1) is 35.9 Å². The van der Waals surface area contributed by atoms with E-state index in [1.165, 1.54) is 5.56 Å². The van der Waals surface area contributed by atoms with Gasteiger partial charge in [0.15, 0.2) is 0 Å². The van der Waals surface area contributed by atoms with Gasteiger partial charge in [0, 0.05) is 40.5 Å². The van der Waals surface area contributed by atoms with E-state index in [1.54, 1.807) is 0 Å². The predicted molar refractivity (Wildman–Crippen MR) is 83.5 cm³/mol. The minimum absolute atomic E-state index is 0. The van der Waals surface area contributed by atoms with E-state index in [-0.39, 0.29) is 25.5 Å². The van der Waals surface area contributed by atoms with Gasteiger partial charge in [-0.3, -0.25) is 0 Å². The summed E-state index contributed by atoms with van der Waals surface area (Å²) < 4.78 is 0. The first-order valence-electron chi connectivity index (χ1n) is 6.40. The molecule has 1 radical (unpaired) electrons. The molecule has 0 aliphatic rings. The molecule has 2 N–H and O–H groups in total. The molecule has 0 amide bonds. The van der Waals surface area contributed by atoms with Crippen molar-refractivity contribution in [2.45, 2.75) is 26.2 Å². The fourth-order valence-electron chi connectivity index (χ4n) is 1.55. The maximum absolute atomic E-state index is 7.00. The van der Waals surface area contributed by atoms with E-state index in [0.29, 0.717) is 0 Å². The summed E-state index contributed by atoms with van der Waals surface area (Å²) in [7, 11) is 2.00. The fourth-order valence-corrected chi connectivity index (χ4v) is 1.55. The Bertz CT molecular complexity index is 464. The molecule has 1 heterocycles. The fraction of sp³-hybridized carbons (Fsp3) is 0.353.